The average molecular weight is 499 g/mol. The largest absolute Gasteiger partial charge is 0.399 e. The third-order valence-electron chi connectivity index (χ3n) is 2.67. The molecule has 0 saturated heterocycles. The van der Waals surface area contributed by atoms with E-state index in [1.165, 1.54) is 6.07 Å². The van der Waals surface area contributed by atoms with Gasteiger partial charge in [0.05, 0.1) is 5.69 Å². The molecule has 0 amide bonds. The van der Waals surface area contributed by atoms with E-state index in [1.807, 2.05) is 19.1 Å². The van der Waals surface area contributed by atoms with Gasteiger partial charge in [0.15, 0.2) is 0 Å². The normalized spacial score (nSPS) is 11.4. The monoisotopic (exact) mass is 496 g/mol. The van der Waals surface area contributed by atoms with Gasteiger partial charge >= 0.3 is 0 Å². The predicted molar refractivity (Wildman–Crippen MR) is 95.9 cm³/mol. The quantitative estimate of drug-likeness (QED) is 0.604. The van der Waals surface area contributed by atoms with Crippen LogP contribution in [0.25, 0.3) is 0 Å². The molecule has 0 aliphatic heterocycles. The summed E-state index contributed by atoms with van der Waals surface area (Å²) in [6, 6.07) is 8.29. The van der Waals surface area contributed by atoms with Crippen LogP contribution in [0.5, 0.6) is 0 Å². The minimum absolute atomic E-state index is 0.0851. The van der Waals surface area contributed by atoms with E-state index < -0.39 is 10.0 Å². The van der Waals surface area contributed by atoms with E-state index in [4.69, 9.17) is 5.73 Å². The van der Waals surface area contributed by atoms with Crippen LogP contribution in [0, 0.1) is 6.92 Å². The highest BCUT2D eigenvalue weighted by atomic mass is 79.9. The lowest BCUT2D eigenvalue weighted by molar-refractivity contribution is 0.600. The second-order valence-electron chi connectivity index (χ2n) is 4.40. The van der Waals surface area contributed by atoms with Gasteiger partial charge in [0.25, 0.3) is 10.0 Å². The third-order valence-corrected chi connectivity index (χ3v) is 6.26. The standard InChI is InChI=1S/C13H11Br3N2O2S/c1-7-4-10(15)13(11(16)5-7)18-21(19,20)12-6-8(17)2-3-9(12)14/h2-6,18H,17H2,1H3. The molecule has 0 atom stereocenters. The summed E-state index contributed by atoms with van der Waals surface area (Å²) in [6.07, 6.45) is 0. The first-order chi connectivity index (χ1) is 9.70. The topological polar surface area (TPSA) is 72.2 Å². The van der Waals surface area contributed by atoms with Gasteiger partial charge in [-0.1, -0.05) is 0 Å². The molecule has 8 heteroatoms. The van der Waals surface area contributed by atoms with Crippen LogP contribution in [-0.4, -0.2) is 8.42 Å². The Hall–Kier alpha value is -0.570. The van der Waals surface area contributed by atoms with Crippen molar-refractivity contribution in [2.75, 3.05) is 10.5 Å². The van der Waals surface area contributed by atoms with Crippen LogP contribution in [0.1, 0.15) is 5.56 Å². The molecular formula is C13H11Br3N2O2S. The lowest BCUT2D eigenvalue weighted by Crippen LogP contribution is -2.14. The predicted octanol–water partition coefficient (Wildman–Crippen LogP) is 4.67. The lowest BCUT2D eigenvalue weighted by atomic mass is 10.2. The van der Waals surface area contributed by atoms with Gasteiger partial charge in [0.2, 0.25) is 0 Å². The summed E-state index contributed by atoms with van der Waals surface area (Å²) < 4.78 is 29.4. The maximum absolute atomic E-state index is 12.5. The molecule has 2 rings (SSSR count). The van der Waals surface area contributed by atoms with E-state index >= 15 is 0 Å². The Bertz CT molecular complexity index is 784. The smallest absolute Gasteiger partial charge is 0.263 e. The number of halogens is 3. The Morgan fingerprint density at radius 3 is 2.14 bits per heavy atom. The van der Waals surface area contributed by atoms with Crippen molar-refractivity contribution in [3.05, 3.63) is 49.3 Å². The molecule has 2 aromatic carbocycles. The van der Waals surface area contributed by atoms with Crippen molar-refractivity contribution in [1.82, 2.24) is 0 Å². The van der Waals surface area contributed by atoms with Crippen molar-refractivity contribution in [2.24, 2.45) is 0 Å². The van der Waals surface area contributed by atoms with E-state index in [-0.39, 0.29) is 4.90 Å². The molecule has 3 N–H and O–H groups in total. The molecule has 21 heavy (non-hydrogen) atoms. The van der Waals surface area contributed by atoms with E-state index in [9.17, 15) is 8.42 Å². The first-order valence-corrected chi connectivity index (χ1v) is 9.60. The second-order valence-corrected chi connectivity index (χ2v) is 8.61. The number of rotatable bonds is 3. The molecule has 0 bridgehead atoms. The fourth-order valence-electron chi connectivity index (χ4n) is 1.71. The molecule has 0 aliphatic carbocycles. The summed E-state index contributed by atoms with van der Waals surface area (Å²) in [4.78, 5) is 0.0851. The van der Waals surface area contributed by atoms with E-state index in [1.54, 1.807) is 12.1 Å². The van der Waals surface area contributed by atoms with Gasteiger partial charge in [-0.2, -0.15) is 0 Å². The number of nitrogen functional groups attached to an aromatic ring is 1. The van der Waals surface area contributed by atoms with Crippen molar-refractivity contribution >= 4 is 69.2 Å². The van der Waals surface area contributed by atoms with Gasteiger partial charge in [-0.3, -0.25) is 4.72 Å². The van der Waals surface area contributed by atoms with Gasteiger partial charge in [-0.05, 0) is 90.6 Å². The molecule has 0 spiro atoms. The van der Waals surface area contributed by atoms with Crippen LogP contribution < -0.4 is 10.5 Å². The highest BCUT2D eigenvalue weighted by molar-refractivity contribution is 9.11. The minimum Gasteiger partial charge on any atom is -0.399 e. The number of nitrogens with one attached hydrogen (secondary N) is 1. The zero-order valence-electron chi connectivity index (χ0n) is 10.8. The van der Waals surface area contributed by atoms with Crippen molar-refractivity contribution in [1.29, 1.82) is 0 Å². The highest BCUT2D eigenvalue weighted by Gasteiger charge is 2.20. The molecule has 0 saturated carbocycles. The fourth-order valence-corrected chi connectivity index (χ4v) is 5.69. The molecule has 0 radical (unpaired) electrons. The number of hydrogen-bond donors (Lipinski definition) is 2. The van der Waals surface area contributed by atoms with Crippen molar-refractivity contribution in [2.45, 2.75) is 11.8 Å². The Morgan fingerprint density at radius 1 is 1.00 bits per heavy atom. The van der Waals surface area contributed by atoms with Gasteiger partial charge in [-0.15, -0.1) is 0 Å². The number of aryl methyl sites for hydroxylation is 1. The minimum atomic E-state index is -3.76. The zero-order chi connectivity index (χ0) is 15.8. The molecular weight excluding hydrogens is 488 g/mol. The van der Waals surface area contributed by atoms with Crippen molar-refractivity contribution in [3.63, 3.8) is 0 Å². The van der Waals surface area contributed by atoms with Gasteiger partial charge in [0, 0.05) is 19.1 Å². The highest BCUT2D eigenvalue weighted by Crippen LogP contribution is 2.35. The van der Waals surface area contributed by atoms with Gasteiger partial charge < -0.3 is 5.73 Å². The number of benzene rings is 2. The summed E-state index contributed by atoms with van der Waals surface area (Å²) >= 11 is 9.96. The molecule has 4 nitrogen and oxygen atoms in total. The SMILES string of the molecule is Cc1cc(Br)c(NS(=O)(=O)c2cc(N)ccc2Br)c(Br)c1. The maximum atomic E-state index is 12.5. The van der Waals surface area contributed by atoms with Crippen LogP contribution >= 0.6 is 47.8 Å². The summed E-state index contributed by atoms with van der Waals surface area (Å²) in [5.74, 6) is 0. The third kappa shape index (κ3) is 3.80. The van der Waals surface area contributed by atoms with Gasteiger partial charge in [0.1, 0.15) is 4.90 Å². The Kier molecular flexibility index (Phi) is 5.02. The number of sulfonamides is 1. The molecule has 0 fully saturated rings. The second kappa shape index (κ2) is 6.28. The fraction of sp³-hybridized carbons (Fsp3) is 0.0769. The molecule has 2 aromatic rings. The van der Waals surface area contributed by atoms with Gasteiger partial charge in [-0.25, -0.2) is 8.42 Å². The summed E-state index contributed by atoms with van der Waals surface area (Å²) in [6.45, 7) is 1.92. The zero-order valence-corrected chi connectivity index (χ0v) is 16.4. The van der Waals surface area contributed by atoms with Crippen LogP contribution in [0.2, 0.25) is 0 Å². The maximum Gasteiger partial charge on any atom is 0.263 e. The summed E-state index contributed by atoms with van der Waals surface area (Å²) in [5.41, 5.74) is 7.48. The molecule has 0 unspecified atom stereocenters. The molecule has 0 heterocycles. The van der Waals surface area contributed by atoms with E-state index in [0.717, 1.165) is 5.56 Å². The Morgan fingerprint density at radius 2 is 1.57 bits per heavy atom. The van der Waals surface area contributed by atoms with Crippen LogP contribution in [0.15, 0.2) is 48.6 Å². The number of nitrogens with two attached hydrogens (primary N) is 1. The lowest BCUT2D eigenvalue weighted by Gasteiger charge is -2.14. The van der Waals surface area contributed by atoms with Crippen LogP contribution in [0.4, 0.5) is 11.4 Å². The first kappa shape index (κ1) is 16.8. The number of hydrogen-bond acceptors (Lipinski definition) is 3. The van der Waals surface area contributed by atoms with Crippen LogP contribution in [-0.2, 0) is 10.0 Å². The van der Waals surface area contributed by atoms with Crippen molar-refractivity contribution < 1.29 is 8.42 Å². The molecule has 0 aromatic heterocycles. The molecule has 0 aliphatic rings. The first-order valence-electron chi connectivity index (χ1n) is 5.74. The summed E-state index contributed by atoms with van der Waals surface area (Å²) in [7, 11) is -3.76. The number of anilines is 2. The van der Waals surface area contributed by atoms with Crippen LogP contribution in [0.3, 0.4) is 0 Å². The average Bonchev–Trinajstić information content (AvgIpc) is 2.36. The van der Waals surface area contributed by atoms with Crippen molar-refractivity contribution in [3.8, 4) is 0 Å². The Labute approximate surface area is 148 Å². The van der Waals surface area contributed by atoms with E-state index in [2.05, 4.69) is 52.5 Å². The van der Waals surface area contributed by atoms with E-state index in [0.29, 0.717) is 24.8 Å². The summed E-state index contributed by atoms with van der Waals surface area (Å²) in [5, 5.41) is 0. The Balaban J connectivity index is 2.50. The molecule has 112 valence electrons.